The summed E-state index contributed by atoms with van der Waals surface area (Å²) in [5, 5.41) is 43.6. The lowest BCUT2D eigenvalue weighted by Gasteiger charge is -2.27. The predicted octanol–water partition coefficient (Wildman–Crippen LogP) is 10.5. The quantitative estimate of drug-likeness (QED) is 0.0420. The van der Waals surface area contributed by atoms with Gasteiger partial charge in [0, 0.05) is 0 Å². The maximum atomic E-state index is 12.5. The second-order valence-corrected chi connectivity index (χ2v) is 14.7. The number of amides is 1. The van der Waals surface area contributed by atoms with Crippen LogP contribution in [0.15, 0.2) is 0 Å². The van der Waals surface area contributed by atoms with Crippen LogP contribution >= 0.6 is 0 Å². The van der Waals surface area contributed by atoms with Crippen molar-refractivity contribution < 1.29 is 25.2 Å². The normalized spacial score (nSPS) is 14.3. The average molecular weight is 670 g/mol. The fourth-order valence-corrected chi connectivity index (χ4v) is 6.70. The van der Waals surface area contributed by atoms with Gasteiger partial charge in [0.05, 0.1) is 18.8 Å². The second kappa shape index (κ2) is 36.6. The van der Waals surface area contributed by atoms with E-state index in [2.05, 4.69) is 19.2 Å². The molecule has 0 heterocycles. The van der Waals surface area contributed by atoms with Crippen LogP contribution in [0.2, 0.25) is 0 Å². The number of nitrogens with one attached hydrogen (secondary N) is 1. The molecule has 0 saturated heterocycles. The van der Waals surface area contributed by atoms with Gasteiger partial charge in [0.25, 0.3) is 0 Å². The van der Waals surface area contributed by atoms with Gasteiger partial charge in [-0.05, 0) is 12.8 Å². The highest BCUT2D eigenvalue weighted by molar-refractivity contribution is 5.80. The highest BCUT2D eigenvalue weighted by atomic mass is 16.3. The molecule has 5 N–H and O–H groups in total. The molecule has 1 amide bonds. The van der Waals surface area contributed by atoms with E-state index >= 15 is 0 Å². The Morgan fingerprint density at radius 1 is 0.447 bits per heavy atom. The smallest absolute Gasteiger partial charge is 0.249 e. The zero-order valence-corrected chi connectivity index (χ0v) is 31.5. The standard InChI is InChI=1S/C41H83NO5/c1-3-5-7-9-11-13-15-17-19-21-23-25-27-29-31-33-35-39(45)41(47)42-37(36-43)40(46)38(44)34-32-30-28-26-24-22-20-18-16-14-12-10-8-6-4-2/h37-40,43-46H,3-36H2,1-2H3,(H,42,47). The van der Waals surface area contributed by atoms with Crippen molar-refractivity contribution >= 4 is 5.91 Å². The summed E-state index contributed by atoms with van der Waals surface area (Å²) in [7, 11) is 0. The molecule has 0 aromatic carbocycles. The van der Waals surface area contributed by atoms with E-state index in [4.69, 9.17) is 0 Å². The molecule has 4 unspecified atom stereocenters. The summed E-state index contributed by atoms with van der Waals surface area (Å²) < 4.78 is 0. The maximum Gasteiger partial charge on any atom is 0.249 e. The van der Waals surface area contributed by atoms with Gasteiger partial charge in [-0.1, -0.05) is 213 Å². The highest BCUT2D eigenvalue weighted by Gasteiger charge is 2.28. The van der Waals surface area contributed by atoms with Crippen molar-refractivity contribution in [1.82, 2.24) is 5.32 Å². The Bertz CT molecular complexity index is 633. The lowest BCUT2D eigenvalue weighted by molar-refractivity contribution is -0.132. The summed E-state index contributed by atoms with van der Waals surface area (Å²) in [6.07, 6.45) is 36.9. The molecule has 4 atom stereocenters. The van der Waals surface area contributed by atoms with E-state index in [1.54, 1.807) is 0 Å². The summed E-state index contributed by atoms with van der Waals surface area (Å²) in [6.45, 7) is 4.06. The second-order valence-electron chi connectivity index (χ2n) is 14.7. The number of hydrogen-bond acceptors (Lipinski definition) is 5. The molecule has 6 nitrogen and oxygen atoms in total. The minimum absolute atomic E-state index is 0.375. The number of carbonyl (C=O) groups is 1. The molecular weight excluding hydrogens is 586 g/mol. The SMILES string of the molecule is CCCCCCCCCCCCCCCCCCC(O)C(=O)NC(CO)C(O)C(O)CCCCCCCCCCCCCCCCC. The van der Waals surface area contributed by atoms with Crippen molar-refractivity contribution in [3.63, 3.8) is 0 Å². The lowest BCUT2D eigenvalue weighted by Crippen LogP contribution is -2.53. The first-order valence-corrected chi connectivity index (χ1v) is 20.9. The van der Waals surface area contributed by atoms with Crippen LogP contribution in [0, 0.1) is 0 Å². The first-order valence-electron chi connectivity index (χ1n) is 20.9. The highest BCUT2D eigenvalue weighted by Crippen LogP contribution is 2.17. The molecule has 0 spiro atoms. The molecule has 0 rings (SSSR count). The van der Waals surface area contributed by atoms with Gasteiger partial charge in [0.2, 0.25) is 5.91 Å². The van der Waals surface area contributed by atoms with E-state index in [-0.39, 0.29) is 0 Å². The molecule has 6 heteroatoms. The fraction of sp³-hybridized carbons (Fsp3) is 0.976. The van der Waals surface area contributed by atoms with E-state index in [1.165, 1.54) is 161 Å². The van der Waals surface area contributed by atoms with E-state index in [9.17, 15) is 25.2 Å². The first kappa shape index (κ1) is 46.3. The van der Waals surface area contributed by atoms with Crippen molar-refractivity contribution in [2.75, 3.05) is 6.61 Å². The van der Waals surface area contributed by atoms with Crippen LogP contribution in [0.4, 0.5) is 0 Å². The molecule has 0 saturated carbocycles. The zero-order valence-electron chi connectivity index (χ0n) is 31.5. The van der Waals surface area contributed by atoms with Gasteiger partial charge in [-0.25, -0.2) is 0 Å². The van der Waals surface area contributed by atoms with Gasteiger partial charge in [-0.3, -0.25) is 4.79 Å². The molecule has 0 fully saturated rings. The summed E-state index contributed by atoms with van der Waals surface area (Å²) in [5.41, 5.74) is 0. The van der Waals surface area contributed by atoms with Gasteiger partial charge in [-0.15, -0.1) is 0 Å². The van der Waals surface area contributed by atoms with Gasteiger partial charge in [-0.2, -0.15) is 0 Å². The molecule has 0 bridgehead atoms. The third kappa shape index (κ3) is 31.1. The lowest BCUT2D eigenvalue weighted by atomic mass is 9.99. The fourth-order valence-electron chi connectivity index (χ4n) is 6.70. The van der Waals surface area contributed by atoms with Crippen LogP contribution in [0.3, 0.4) is 0 Å². The minimum Gasteiger partial charge on any atom is -0.394 e. The van der Waals surface area contributed by atoms with Crippen molar-refractivity contribution in [2.45, 2.75) is 250 Å². The summed E-state index contributed by atoms with van der Waals surface area (Å²) in [5.74, 6) is -0.580. The Morgan fingerprint density at radius 3 is 1.02 bits per heavy atom. The van der Waals surface area contributed by atoms with Crippen LogP contribution in [0.5, 0.6) is 0 Å². The Hall–Kier alpha value is -0.690. The number of rotatable bonds is 38. The average Bonchev–Trinajstić information content (AvgIpc) is 3.07. The van der Waals surface area contributed by atoms with E-state index < -0.39 is 36.9 Å². The van der Waals surface area contributed by atoms with Gasteiger partial charge >= 0.3 is 0 Å². The maximum absolute atomic E-state index is 12.5. The van der Waals surface area contributed by atoms with Crippen molar-refractivity contribution in [1.29, 1.82) is 0 Å². The summed E-state index contributed by atoms with van der Waals surface area (Å²) in [6, 6.07) is -0.978. The van der Waals surface area contributed by atoms with Gasteiger partial charge < -0.3 is 25.7 Å². The third-order valence-electron chi connectivity index (χ3n) is 10.1. The Labute approximate surface area is 292 Å². The van der Waals surface area contributed by atoms with Crippen LogP contribution in [-0.2, 0) is 4.79 Å². The van der Waals surface area contributed by atoms with E-state index in [0.29, 0.717) is 12.8 Å². The Balaban J connectivity index is 3.73. The minimum atomic E-state index is -1.25. The van der Waals surface area contributed by atoms with Crippen molar-refractivity contribution in [3.05, 3.63) is 0 Å². The van der Waals surface area contributed by atoms with Crippen LogP contribution in [-0.4, -0.2) is 57.3 Å². The zero-order chi connectivity index (χ0) is 34.6. The molecular formula is C41H83NO5. The Morgan fingerprint density at radius 2 is 0.723 bits per heavy atom. The van der Waals surface area contributed by atoms with E-state index in [0.717, 1.165) is 38.5 Å². The first-order chi connectivity index (χ1) is 23.0. The van der Waals surface area contributed by atoms with Gasteiger partial charge in [0.15, 0.2) is 0 Å². The monoisotopic (exact) mass is 670 g/mol. The van der Waals surface area contributed by atoms with Crippen molar-refractivity contribution in [2.24, 2.45) is 0 Å². The van der Waals surface area contributed by atoms with E-state index in [1.807, 2.05) is 0 Å². The molecule has 0 aliphatic rings. The van der Waals surface area contributed by atoms with Crippen LogP contribution < -0.4 is 5.32 Å². The molecule has 0 radical (unpaired) electrons. The largest absolute Gasteiger partial charge is 0.394 e. The Kier molecular flexibility index (Phi) is 36.0. The topological polar surface area (TPSA) is 110 Å². The summed E-state index contributed by atoms with van der Waals surface area (Å²) in [4.78, 5) is 12.5. The number of hydrogen-bond donors (Lipinski definition) is 5. The molecule has 0 aliphatic carbocycles. The third-order valence-corrected chi connectivity index (χ3v) is 10.1. The molecule has 0 aromatic heterocycles. The molecule has 282 valence electrons. The van der Waals surface area contributed by atoms with Crippen molar-refractivity contribution in [3.8, 4) is 0 Å². The summed E-state index contributed by atoms with van der Waals surface area (Å²) >= 11 is 0. The van der Waals surface area contributed by atoms with Crippen LogP contribution in [0.1, 0.15) is 226 Å². The number of aliphatic hydroxyl groups excluding tert-OH is 4. The number of carbonyl (C=O) groups excluding carboxylic acids is 1. The molecule has 47 heavy (non-hydrogen) atoms. The number of unbranched alkanes of at least 4 members (excludes halogenated alkanes) is 29. The number of aliphatic hydroxyl groups is 4. The van der Waals surface area contributed by atoms with Gasteiger partial charge in [0.1, 0.15) is 12.2 Å². The molecule has 0 aliphatic heterocycles. The molecule has 0 aromatic rings. The predicted molar refractivity (Wildman–Crippen MR) is 201 cm³/mol. The van der Waals surface area contributed by atoms with Crippen LogP contribution in [0.25, 0.3) is 0 Å².